The van der Waals surface area contributed by atoms with E-state index < -0.39 is 0 Å². The number of piperazine rings is 3. The van der Waals surface area contributed by atoms with Crippen molar-refractivity contribution in [2.45, 2.75) is 39.2 Å². The van der Waals surface area contributed by atoms with Crippen LogP contribution in [0.1, 0.15) is 50.9 Å². The third-order valence-corrected chi connectivity index (χ3v) is 4.53. The van der Waals surface area contributed by atoms with Crippen LogP contribution in [0.25, 0.3) is 0 Å². The maximum Gasteiger partial charge on any atom is 0.231 e. The minimum absolute atomic E-state index is 0.155. The number of hydrogen-bond donors (Lipinski definition) is 1. The molecule has 4 rings (SSSR count). The summed E-state index contributed by atoms with van der Waals surface area (Å²) < 4.78 is 5.54. The van der Waals surface area contributed by atoms with Crippen LogP contribution in [0.5, 0.6) is 0 Å². The Kier molecular flexibility index (Phi) is 4.03. The van der Waals surface area contributed by atoms with Crippen molar-refractivity contribution >= 4 is 0 Å². The fraction of sp³-hybridized carbons (Fsp3) is 0.867. The zero-order valence-corrected chi connectivity index (χ0v) is 13.4. The Bertz CT molecular complexity index is 473. The van der Waals surface area contributed by atoms with Gasteiger partial charge in [-0.3, -0.25) is 9.80 Å². The predicted octanol–water partition coefficient (Wildman–Crippen LogP) is 1.22. The van der Waals surface area contributed by atoms with Crippen molar-refractivity contribution in [3.8, 4) is 0 Å². The Balaban J connectivity index is 1.73. The number of nitrogens with zero attached hydrogens (tertiary/aromatic N) is 4. The van der Waals surface area contributed by atoms with Crippen LogP contribution < -0.4 is 5.73 Å². The molecule has 0 aromatic carbocycles. The van der Waals surface area contributed by atoms with E-state index in [4.69, 9.17) is 10.3 Å². The smallest absolute Gasteiger partial charge is 0.231 e. The van der Waals surface area contributed by atoms with Crippen molar-refractivity contribution in [1.29, 1.82) is 0 Å². The highest BCUT2D eigenvalue weighted by molar-refractivity contribution is 5.04. The summed E-state index contributed by atoms with van der Waals surface area (Å²) in [4.78, 5) is 9.63. The van der Waals surface area contributed by atoms with Crippen LogP contribution in [0, 0.1) is 5.41 Å². The van der Waals surface area contributed by atoms with Gasteiger partial charge in [0, 0.05) is 39.3 Å². The van der Waals surface area contributed by atoms with Crippen molar-refractivity contribution in [1.82, 2.24) is 19.9 Å². The summed E-state index contributed by atoms with van der Waals surface area (Å²) in [5.74, 6) is 1.70. The molecule has 1 aromatic heterocycles. The Morgan fingerprint density at radius 1 is 1.29 bits per heavy atom. The maximum atomic E-state index is 5.91. The molecule has 2 atom stereocenters. The van der Waals surface area contributed by atoms with E-state index >= 15 is 0 Å². The normalized spacial score (nSPS) is 30.6. The van der Waals surface area contributed by atoms with Crippen LogP contribution in [0.3, 0.4) is 0 Å². The molecule has 6 heteroatoms. The molecule has 2 unspecified atom stereocenters. The molecule has 2 bridgehead atoms. The van der Waals surface area contributed by atoms with E-state index in [9.17, 15) is 0 Å². The molecular formula is C15H27N5O. The minimum atomic E-state index is 0.155. The molecule has 0 saturated carbocycles. The van der Waals surface area contributed by atoms with Gasteiger partial charge in [-0.25, -0.2) is 0 Å². The topological polar surface area (TPSA) is 71.4 Å². The monoisotopic (exact) mass is 293 g/mol. The second-order valence-corrected chi connectivity index (χ2v) is 7.54. The zero-order chi connectivity index (χ0) is 15.0. The van der Waals surface area contributed by atoms with Crippen molar-refractivity contribution in [2.24, 2.45) is 11.1 Å². The average Bonchev–Trinajstić information content (AvgIpc) is 2.94. The van der Waals surface area contributed by atoms with Crippen molar-refractivity contribution in [2.75, 3.05) is 39.3 Å². The van der Waals surface area contributed by atoms with Gasteiger partial charge in [0.25, 0.3) is 0 Å². The van der Waals surface area contributed by atoms with Gasteiger partial charge in [0.2, 0.25) is 5.89 Å². The van der Waals surface area contributed by atoms with Gasteiger partial charge in [-0.05, 0) is 11.8 Å². The number of nitrogens with two attached hydrogens (primary N) is 1. The van der Waals surface area contributed by atoms with Crippen LogP contribution in [-0.2, 0) is 0 Å². The lowest BCUT2D eigenvalue weighted by Gasteiger charge is -2.46. The number of hydrogen-bond acceptors (Lipinski definition) is 6. The number of rotatable bonds is 4. The summed E-state index contributed by atoms with van der Waals surface area (Å²) in [5.41, 5.74) is 6.12. The van der Waals surface area contributed by atoms with Gasteiger partial charge in [0.1, 0.15) is 0 Å². The van der Waals surface area contributed by atoms with Crippen molar-refractivity contribution in [3.63, 3.8) is 0 Å². The van der Waals surface area contributed by atoms with E-state index in [2.05, 4.69) is 40.7 Å². The molecule has 1 aromatic rings. The Labute approximate surface area is 126 Å². The van der Waals surface area contributed by atoms with Gasteiger partial charge < -0.3 is 10.3 Å². The third kappa shape index (κ3) is 3.27. The highest BCUT2D eigenvalue weighted by Gasteiger charge is 2.36. The second-order valence-electron chi connectivity index (χ2n) is 7.54. The van der Waals surface area contributed by atoms with E-state index in [-0.39, 0.29) is 17.4 Å². The van der Waals surface area contributed by atoms with E-state index in [0.29, 0.717) is 12.4 Å². The fourth-order valence-electron chi connectivity index (χ4n) is 3.42. The number of fused-ring (bicyclic) bond motifs is 3. The van der Waals surface area contributed by atoms with Crippen LogP contribution in [0.15, 0.2) is 4.52 Å². The Morgan fingerprint density at radius 3 is 2.52 bits per heavy atom. The second kappa shape index (κ2) is 5.66. The van der Waals surface area contributed by atoms with Crippen LogP contribution in [0.4, 0.5) is 0 Å². The van der Waals surface area contributed by atoms with Crippen molar-refractivity contribution in [3.05, 3.63) is 11.7 Å². The fourth-order valence-corrected chi connectivity index (χ4v) is 3.42. The summed E-state index contributed by atoms with van der Waals surface area (Å²) >= 11 is 0. The molecule has 2 N–H and O–H groups in total. The molecule has 3 aliphatic heterocycles. The molecule has 21 heavy (non-hydrogen) atoms. The molecule has 0 aliphatic carbocycles. The summed E-state index contributed by atoms with van der Waals surface area (Å²) in [6.07, 6.45) is 0.964. The van der Waals surface area contributed by atoms with Gasteiger partial charge in [0.05, 0.1) is 12.0 Å². The summed E-state index contributed by atoms with van der Waals surface area (Å²) in [5, 5.41) is 4.25. The molecule has 3 saturated heterocycles. The lowest BCUT2D eigenvalue weighted by Crippen LogP contribution is -2.57. The molecule has 3 aliphatic rings. The molecule has 0 amide bonds. The Morgan fingerprint density at radius 2 is 2.00 bits per heavy atom. The van der Waals surface area contributed by atoms with E-state index in [1.165, 1.54) is 0 Å². The first kappa shape index (κ1) is 14.9. The molecule has 6 nitrogen and oxygen atoms in total. The molecule has 118 valence electrons. The van der Waals surface area contributed by atoms with Crippen molar-refractivity contribution < 1.29 is 4.52 Å². The zero-order valence-electron chi connectivity index (χ0n) is 13.4. The van der Waals surface area contributed by atoms with Crippen LogP contribution in [0.2, 0.25) is 0 Å². The highest BCUT2D eigenvalue weighted by atomic mass is 16.5. The van der Waals surface area contributed by atoms with Gasteiger partial charge in [-0.2, -0.15) is 4.98 Å². The minimum Gasteiger partial charge on any atom is -0.339 e. The standard InChI is InChI=1S/C15H27N5O/c1-15(2,3)8-11(9-16)14-17-13(18-21-14)12-10-19-4-6-20(12)7-5-19/h11-12H,4-10,16H2,1-3H3. The van der Waals surface area contributed by atoms with Gasteiger partial charge in [-0.15, -0.1) is 0 Å². The molecule has 0 radical (unpaired) electrons. The molecular weight excluding hydrogens is 266 g/mol. The third-order valence-electron chi connectivity index (χ3n) is 4.53. The predicted molar refractivity (Wildman–Crippen MR) is 80.9 cm³/mol. The van der Waals surface area contributed by atoms with Crippen LogP contribution in [-0.4, -0.2) is 59.2 Å². The quantitative estimate of drug-likeness (QED) is 0.900. The highest BCUT2D eigenvalue weighted by Crippen LogP contribution is 2.32. The van der Waals surface area contributed by atoms with E-state index in [0.717, 1.165) is 45.0 Å². The Hall–Kier alpha value is -0.980. The first-order valence-electron chi connectivity index (χ1n) is 7.96. The molecule has 4 heterocycles. The molecule has 0 spiro atoms. The lowest BCUT2D eigenvalue weighted by atomic mass is 9.84. The first-order valence-corrected chi connectivity index (χ1v) is 7.96. The average molecular weight is 293 g/mol. The van der Waals surface area contributed by atoms with Gasteiger partial charge >= 0.3 is 0 Å². The van der Waals surface area contributed by atoms with E-state index in [1.807, 2.05) is 0 Å². The van der Waals surface area contributed by atoms with Gasteiger partial charge in [-0.1, -0.05) is 25.9 Å². The number of aromatic nitrogens is 2. The summed E-state index contributed by atoms with van der Waals surface area (Å²) in [6, 6.07) is 0.290. The first-order chi connectivity index (χ1) is 9.96. The maximum absolute atomic E-state index is 5.91. The van der Waals surface area contributed by atoms with Gasteiger partial charge in [0.15, 0.2) is 5.82 Å². The SMILES string of the molecule is CC(C)(C)CC(CN)c1nc(C2CN3CCN2CC3)no1. The lowest BCUT2D eigenvalue weighted by molar-refractivity contribution is 0.00781. The largest absolute Gasteiger partial charge is 0.339 e. The van der Waals surface area contributed by atoms with Crippen LogP contribution >= 0.6 is 0 Å². The van der Waals surface area contributed by atoms with E-state index in [1.54, 1.807) is 0 Å². The molecule has 3 fully saturated rings. The summed E-state index contributed by atoms with van der Waals surface area (Å²) in [7, 11) is 0. The summed E-state index contributed by atoms with van der Waals surface area (Å²) in [6.45, 7) is 12.8.